The van der Waals surface area contributed by atoms with E-state index in [2.05, 4.69) is 20.5 Å². The molecule has 6 nitrogen and oxygen atoms in total. The second-order valence-electron chi connectivity index (χ2n) is 5.57. The molecule has 1 aromatic rings. The lowest BCUT2D eigenvalue weighted by molar-refractivity contribution is -0.142. The van der Waals surface area contributed by atoms with E-state index in [1.54, 1.807) is 0 Å². The average molecular weight is 292 g/mol. The summed E-state index contributed by atoms with van der Waals surface area (Å²) in [4.78, 5) is 15.9. The highest BCUT2D eigenvalue weighted by atomic mass is 16.4. The molecule has 0 aliphatic heterocycles. The number of aryl methyl sites for hydroxylation is 2. The average Bonchev–Trinajstić information content (AvgIpc) is 2.72. The zero-order valence-electron chi connectivity index (χ0n) is 12.8. The number of nitrogens with one attached hydrogen (secondary N) is 1. The molecule has 0 aromatic carbocycles. The van der Waals surface area contributed by atoms with Gasteiger partial charge in [0.05, 0.1) is 17.3 Å². The first-order valence-corrected chi connectivity index (χ1v) is 7.87. The van der Waals surface area contributed by atoms with Crippen molar-refractivity contribution in [2.24, 2.45) is 5.92 Å². The van der Waals surface area contributed by atoms with Gasteiger partial charge in [-0.05, 0) is 25.7 Å². The minimum Gasteiger partial charge on any atom is -0.481 e. The van der Waals surface area contributed by atoms with E-state index in [-0.39, 0.29) is 12.0 Å². The highest BCUT2D eigenvalue weighted by molar-refractivity contribution is 5.71. The van der Waals surface area contributed by atoms with Crippen LogP contribution in [0.4, 0.5) is 5.95 Å². The van der Waals surface area contributed by atoms with Gasteiger partial charge in [-0.25, -0.2) is 4.98 Å². The van der Waals surface area contributed by atoms with Crippen LogP contribution >= 0.6 is 0 Å². The SMILES string of the molecule is CCc1nnc(NC2CCCCCC2C(=O)O)nc1CC. The fourth-order valence-corrected chi connectivity index (χ4v) is 2.94. The van der Waals surface area contributed by atoms with Crippen molar-refractivity contribution in [3.63, 3.8) is 0 Å². The van der Waals surface area contributed by atoms with Gasteiger partial charge in [-0.2, -0.15) is 5.10 Å². The highest BCUT2D eigenvalue weighted by Gasteiger charge is 2.30. The summed E-state index contributed by atoms with van der Waals surface area (Å²) in [6, 6.07) is -0.107. The lowest BCUT2D eigenvalue weighted by Gasteiger charge is -2.22. The van der Waals surface area contributed by atoms with Crippen molar-refractivity contribution in [2.75, 3.05) is 5.32 Å². The van der Waals surface area contributed by atoms with Crippen molar-refractivity contribution in [3.8, 4) is 0 Å². The van der Waals surface area contributed by atoms with Gasteiger partial charge < -0.3 is 10.4 Å². The molecular formula is C15H24N4O2. The van der Waals surface area contributed by atoms with Crippen LogP contribution < -0.4 is 5.32 Å². The number of hydrogen-bond donors (Lipinski definition) is 2. The van der Waals surface area contributed by atoms with Crippen LogP contribution in [0, 0.1) is 5.92 Å². The molecule has 1 heterocycles. The Morgan fingerprint density at radius 2 is 1.86 bits per heavy atom. The van der Waals surface area contributed by atoms with E-state index >= 15 is 0 Å². The summed E-state index contributed by atoms with van der Waals surface area (Å²) in [5.74, 6) is -0.641. The van der Waals surface area contributed by atoms with E-state index < -0.39 is 5.97 Å². The highest BCUT2D eigenvalue weighted by Crippen LogP contribution is 2.26. The molecule has 2 rings (SSSR count). The molecular weight excluding hydrogens is 268 g/mol. The van der Waals surface area contributed by atoms with Crippen LogP contribution in [-0.4, -0.2) is 32.3 Å². The fourth-order valence-electron chi connectivity index (χ4n) is 2.94. The third-order valence-corrected chi connectivity index (χ3v) is 4.16. The normalized spacial score (nSPS) is 22.6. The molecule has 0 spiro atoms. The Morgan fingerprint density at radius 3 is 2.52 bits per heavy atom. The van der Waals surface area contributed by atoms with Gasteiger partial charge in [0, 0.05) is 6.04 Å². The maximum Gasteiger partial charge on any atom is 0.308 e. The topological polar surface area (TPSA) is 88.0 Å². The number of carboxylic acids is 1. The maximum atomic E-state index is 11.4. The Labute approximate surface area is 125 Å². The van der Waals surface area contributed by atoms with E-state index in [4.69, 9.17) is 0 Å². The van der Waals surface area contributed by atoms with Gasteiger partial charge in [0.2, 0.25) is 5.95 Å². The van der Waals surface area contributed by atoms with E-state index in [0.717, 1.165) is 49.9 Å². The molecule has 0 amide bonds. The van der Waals surface area contributed by atoms with Gasteiger partial charge >= 0.3 is 5.97 Å². The smallest absolute Gasteiger partial charge is 0.308 e. The molecule has 1 aliphatic carbocycles. The van der Waals surface area contributed by atoms with Gasteiger partial charge in [0.1, 0.15) is 0 Å². The zero-order chi connectivity index (χ0) is 15.2. The van der Waals surface area contributed by atoms with Crippen LogP contribution in [0.25, 0.3) is 0 Å². The third-order valence-electron chi connectivity index (χ3n) is 4.16. The molecule has 1 aliphatic rings. The Kier molecular flexibility index (Phi) is 5.47. The van der Waals surface area contributed by atoms with Gasteiger partial charge in [-0.15, -0.1) is 5.10 Å². The first-order chi connectivity index (χ1) is 10.2. The summed E-state index contributed by atoms with van der Waals surface area (Å²) in [5, 5.41) is 20.9. The second-order valence-corrected chi connectivity index (χ2v) is 5.57. The Morgan fingerprint density at radius 1 is 1.14 bits per heavy atom. The minimum atomic E-state index is -0.733. The molecule has 0 bridgehead atoms. The quantitative estimate of drug-likeness (QED) is 0.810. The van der Waals surface area contributed by atoms with E-state index in [0.29, 0.717) is 12.4 Å². The predicted octanol–water partition coefficient (Wildman–Crippen LogP) is 2.44. The number of carboxylic acid groups (broad SMARTS) is 1. The first kappa shape index (κ1) is 15.7. The molecule has 1 aromatic heterocycles. The maximum absolute atomic E-state index is 11.4. The van der Waals surface area contributed by atoms with Crippen molar-refractivity contribution in [1.29, 1.82) is 0 Å². The van der Waals surface area contributed by atoms with E-state index in [1.165, 1.54) is 0 Å². The molecule has 2 atom stereocenters. The number of rotatable bonds is 5. The number of carbonyl (C=O) groups is 1. The van der Waals surface area contributed by atoms with E-state index in [9.17, 15) is 9.90 Å². The van der Waals surface area contributed by atoms with Crippen LogP contribution in [0.3, 0.4) is 0 Å². The lowest BCUT2D eigenvalue weighted by Crippen LogP contribution is -2.34. The molecule has 116 valence electrons. The van der Waals surface area contributed by atoms with Crippen molar-refractivity contribution in [3.05, 3.63) is 11.4 Å². The molecule has 6 heteroatoms. The number of anilines is 1. The fraction of sp³-hybridized carbons (Fsp3) is 0.733. The van der Waals surface area contributed by atoms with Gasteiger partial charge in [0.15, 0.2) is 0 Å². The van der Waals surface area contributed by atoms with Crippen LogP contribution in [-0.2, 0) is 17.6 Å². The summed E-state index contributed by atoms with van der Waals surface area (Å²) in [6.07, 6.45) is 6.29. The summed E-state index contributed by atoms with van der Waals surface area (Å²) < 4.78 is 0. The lowest BCUT2D eigenvalue weighted by atomic mass is 9.95. The largest absolute Gasteiger partial charge is 0.481 e. The van der Waals surface area contributed by atoms with Crippen molar-refractivity contribution < 1.29 is 9.90 Å². The Bertz CT molecular complexity index is 493. The first-order valence-electron chi connectivity index (χ1n) is 7.87. The number of aromatic nitrogens is 3. The molecule has 0 radical (unpaired) electrons. The molecule has 1 fully saturated rings. The molecule has 21 heavy (non-hydrogen) atoms. The van der Waals surface area contributed by atoms with Crippen molar-refractivity contribution >= 4 is 11.9 Å². The second kappa shape index (κ2) is 7.33. The number of aliphatic carboxylic acids is 1. The van der Waals surface area contributed by atoms with E-state index in [1.807, 2.05) is 13.8 Å². The van der Waals surface area contributed by atoms with Gasteiger partial charge in [-0.3, -0.25) is 4.79 Å². The molecule has 2 unspecified atom stereocenters. The van der Waals surface area contributed by atoms with Crippen molar-refractivity contribution in [1.82, 2.24) is 15.2 Å². The number of hydrogen-bond acceptors (Lipinski definition) is 5. The summed E-state index contributed by atoms with van der Waals surface area (Å²) in [6.45, 7) is 4.07. The Hall–Kier alpha value is -1.72. The van der Waals surface area contributed by atoms with Gasteiger partial charge in [0.25, 0.3) is 0 Å². The minimum absolute atomic E-state index is 0.107. The van der Waals surface area contributed by atoms with Gasteiger partial charge in [-0.1, -0.05) is 33.1 Å². The summed E-state index contributed by atoms with van der Waals surface area (Å²) in [7, 11) is 0. The predicted molar refractivity (Wildman–Crippen MR) is 80.2 cm³/mol. The Balaban J connectivity index is 2.16. The zero-order valence-corrected chi connectivity index (χ0v) is 12.8. The molecule has 2 N–H and O–H groups in total. The van der Waals surface area contributed by atoms with Crippen LogP contribution in [0.5, 0.6) is 0 Å². The summed E-state index contributed by atoms with van der Waals surface area (Å²) >= 11 is 0. The van der Waals surface area contributed by atoms with Crippen LogP contribution in [0.1, 0.15) is 57.3 Å². The van der Waals surface area contributed by atoms with Crippen molar-refractivity contribution in [2.45, 2.75) is 64.8 Å². The van der Waals surface area contributed by atoms with Crippen LogP contribution in [0.2, 0.25) is 0 Å². The standard InChI is InChI=1S/C15H24N4O2/c1-3-11-12(4-2)18-19-15(16-11)17-13-9-7-5-6-8-10(13)14(20)21/h10,13H,3-9H2,1-2H3,(H,20,21)(H,16,17,19). The third kappa shape index (κ3) is 3.89. The molecule has 1 saturated carbocycles. The number of nitrogens with zero attached hydrogens (tertiary/aromatic N) is 3. The van der Waals surface area contributed by atoms with Crippen LogP contribution in [0.15, 0.2) is 0 Å². The molecule has 0 saturated heterocycles. The summed E-state index contributed by atoms with van der Waals surface area (Å²) in [5.41, 5.74) is 1.86. The monoisotopic (exact) mass is 292 g/mol.